The van der Waals surface area contributed by atoms with Crippen molar-refractivity contribution < 1.29 is 35.9 Å². The Kier molecular flexibility index (Phi) is 8.00. The van der Waals surface area contributed by atoms with E-state index in [1.807, 2.05) is 0 Å². The third-order valence-corrected chi connectivity index (χ3v) is 5.73. The van der Waals surface area contributed by atoms with E-state index < -0.39 is 29.3 Å². The molecule has 1 saturated heterocycles. The third kappa shape index (κ3) is 6.88. The highest BCUT2D eigenvalue weighted by Crippen LogP contribution is 2.30. The van der Waals surface area contributed by atoms with Crippen LogP contribution in [0, 0.1) is 11.6 Å². The van der Waals surface area contributed by atoms with Gasteiger partial charge in [0.25, 0.3) is 5.91 Å². The lowest BCUT2D eigenvalue weighted by Gasteiger charge is -2.22. The minimum atomic E-state index is -4.52. The molecule has 0 saturated carbocycles. The number of oxazole rings is 1. The lowest BCUT2D eigenvalue weighted by molar-refractivity contribution is -0.137. The lowest BCUT2D eigenvalue weighted by Crippen LogP contribution is -2.32. The van der Waals surface area contributed by atoms with Gasteiger partial charge in [-0.25, -0.2) is 13.8 Å². The van der Waals surface area contributed by atoms with Gasteiger partial charge < -0.3 is 14.5 Å². The van der Waals surface area contributed by atoms with E-state index in [1.165, 1.54) is 24.5 Å². The first-order valence-corrected chi connectivity index (χ1v) is 11.3. The van der Waals surface area contributed by atoms with Crippen LogP contribution in [0.15, 0.2) is 53.1 Å². The van der Waals surface area contributed by atoms with Gasteiger partial charge in [0.05, 0.1) is 18.2 Å². The van der Waals surface area contributed by atoms with E-state index in [-0.39, 0.29) is 42.9 Å². The number of carbonyl (C=O) groups is 1. The van der Waals surface area contributed by atoms with Crippen molar-refractivity contribution in [1.29, 1.82) is 0 Å². The lowest BCUT2D eigenvalue weighted by atomic mass is 10.1. The molecule has 0 radical (unpaired) electrons. The van der Waals surface area contributed by atoms with Gasteiger partial charge in [-0.2, -0.15) is 13.2 Å². The van der Waals surface area contributed by atoms with Crippen molar-refractivity contribution in [2.45, 2.75) is 44.8 Å². The first-order valence-electron chi connectivity index (χ1n) is 11.3. The van der Waals surface area contributed by atoms with Crippen LogP contribution < -0.4 is 5.32 Å². The second-order valence-corrected chi connectivity index (χ2v) is 8.55. The number of hydrogen-bond donors (Lipinski definition) is 1. The van der Waals surface area contributed by atoms with Gasteiger partial charge in [-0.1, -0.05) is 24.3 Å². The Bertz CT molecular complexity index is 1190. The summed E-state index contributed by atoms with van der Waals surface area (Å²) in [6.45, 7) is 0.887. The number of benzene rings is 2. The van der Waals surface area contributed by atoms with Crippen molar-refractivity contribution in [2.75, 3.05) is 13.2 Å². The number of aromatic nitrogens is 1. The maximum atomic E-state index is 14.3. The van der Waals surface area contributed by atoms with Crippen LogP contribution in [0.1, 0.15) is 45.9 Å². The summed E-state index contributed by atoms with van der Waals surface area (Å²) in [4.78, 5) is 18.2. The summed E-state index contributed by atoms with van der Waals surface area (Å²) in [5, 5.41) is 2.73. The molecule has 1 atom stereocenters. The first-order chi connectivity index (χ1) is 17.2. The molecule has 6 nitrogen and oxygen atoms in total. The highest BCUT2D eigenvalue weighted by molar-refractivity contribution is 5.91. The average Bonchev–Trinajstić information content (AvgIpc) is 3.51. The normalized spacial score (nSPS) is 16.0. The van der Waals surface area contributed by atoms with Crippen molar-refractivity contribution in [3.05, 3.63) is 88.6 Å². The predicted octanol–water partition coefficient (Wildman–Crippen LogP) is 5.08. The third-order valence-electron chi connectivity index (χ3n) is 5.73. The molecule has 192 valence electrons. The molecule has 4 rings (SSSR count). The predicted molar refractivity (Wildman–Crippen MR) is 119 cm³/mol. The van der Waals surface area contributed by atoms with Crippen molar-refractivity contribution in [3.63, 3.8) is 0 Å². The summed E-state index contributed by atoms with van der Waals surface area (Å²) in [5.41, 5.74) is -0.304. The van der Waals surface area contributed by atoms with E-state index in [0.29, 0.717) is 18.7 Å². The monoisotopic (exact) mass is 509 g/mol. The Morgan fingerprint density at radius 1 is 1.11 bits per heavy atom. The summed E-state index contributed by atoms with van der Waals surface area (Å²) < 4.78 is 78.0. The zero-order chi connectivity index (χ0) is 25.7. The van der Waals surface area contributed by atoms with Crippen molar-refractivity contribution in [1.82, 2.24) is 15.2 Å². The van der Waals surface area contributed by atoms with Crippen LogP contribution >= 0.6 is 0 Å². The largest absolute Gasteiger partial charge is 0.447 e. The van der Waals surface area contributed by atoms with E-state index in [9.17, 15) is 26.7 Å². The van der Waals surface area contributed by atoms with Gasteiger partial charge in [0.1, 0.15) is 17.9 Å². The Balaban J connectivity index is 1.49. The first kappa shape index (κ1) is 25.8. The van der Waals surface area contributed by atoms with Crippen LogP contribution in [-0.2, 0) is 30.5 Å². The van der Waals surface area contributed by atoms with Gasteiger partial charge in [-0.15, -0.1) is 0 Å². The van der Waals surface area contributed by atoms with Gasteiger partial charge in [0, 0.05) is 37.9 Å². The van der Waals surface area contributed by atoms with Crippen LogP contribution in [0.3, 0.4) is 0 Å². The summed E-state index contributed by atoms with van der Waals surface area (Å²) >= 11 is 0. The maximum Gasteiger partial charge on any atom is 0.416 e. The van der Waals surface area contributed by atoms with E-state index in [1.54, 1.807) is 4.90 Å². The molecule has 1 amide bonds. The molecule has 2 heterocycles. The molecule has 0 unspecified atom stereocenters. The van der Waals surface area contributed by atoms with Gasteiger partial charge in [-0.05, 0) is 30.5 Å². The summed E-state index contributed by atoms with van der Waals surface area (Å²) in [5.74, 6) is -1.86. The molecule has 1 aliphatic heterocycles. The minimum absolute atomic E-state index is 0.0103. The fraction of sp³-hybridized carbons (Fsp3) is 0.360. The van der Waals surface area contributed by atoms with Crippen molar-refractivity contribution >= 4 is 5.91 Å². The minimum Gasteiger partial charge on any atom is -0.447 e. The molecule has 1 fully saturated rings. The molecule has 0 aliphatic carbocycles. The van der Waals surface area contributed by atoms with Crippen molar-refractivity contribution in [3.8, 4) is 0 Å². The number of nitrogens with one attached hydrogen (secondary N) is 1. The Morgan fingerprint density at radius 2 is 1.94 bits per heavy atom. The highest BCUT2D eigenvalue weighted by atomic mass is 19.4. The molecule has 0 bridgehead atoms. The summed E-state index contributed by atoms with van der Waals surface area (Å²) in [6.07, 6.45) is -1.59. The van der Waals surface area contributed by atoms with Crippen LogP contribution in [0.25, 0.3) is 0 Å². The molecular formula is C25H24F5N3O3. The molecule has 1 aliphatic rings. The summed E-state index contributed by atoms with van der Waals surface area (Å²) in [7, 11) is 0. The molecule has 2 aromatic carbocycles. The molecule has 36 heavy (non-hydrogen) atoms. The quantitative estimate of drug-likeness (QED) is 0.408. The second kappa shape index (κ2) is 11.2. The second-order valence-electron chi connectivity index (χ2n) is 8.55. The standard InChI is InChI=1S/C25H24F5N3O3/c26-19-7-6-17(21(27)10-19)13-33(12-16-3-1-4-18(9-16)25(28,29)30)14-23-32-22(15-36-23)24(34)31-11-20-5-2-8-35-20/h1,3-4,6-7,9-10,15,20H,2,5,8,11-14H2,(H,31,34)/t20-/m1/s1. The van der Waals surface area contributed by atoms with Crippen LogP contribution in [0.2, 0.25) is 0 Å². The van der Waals surface area contributed by atoms with Gasteiger partial charge >= 0.3 is 6.18 Å². The average molecular weight is 509 g/mol. The number of hydrogen-bond acceptors (Lipinski definition) is 5. The number of halogens is 5. The Labute approximate surface area is 204 Å². The molecular weight excluding hydrogens is 485 g/mol. The van der Waals surface area contributed by atoms with Crippen molar-refractivity contribution in [2.24, 2.45) is 0 Å². The van der Waals surface area contributed by atoms with Crippen LogP contribution in [0.5, 0.6) is 0 Å². The van der Waals surface area contributed by atoms with Gasteiger partial charge in [-0.3, -0.25) is 9.69 Å². The van der Waals surface area contributed by atoms with E-state index >= 15 is 0 Å². The Morgan fingerprint density at radius 3 is 2.67 bits per heavy atom. The zero-order valence-corrected chi connectivity index (χ0v) is 19.2. The topological polar surface area (TPSA) is 67.6 Å². The summed E-state index contributed by atoms with van der Waals surface area (Å²) in [6, 6.07) is 7.88. The Hall–Kier alpha value is -3.31. The van der Waals surface area contributed by atoms with Crippen LogP contribution in [0.4, 0.5) is 22.0 Å². The van der Waals surface area contributed by atoms with E-state index in [0.717, 1.165) is 37.1 Å². The number of ether oxygens (including phenoxy) is 1. The highest BCUT2D eigenvalue weighted by Gasteiger charge is 2.30. The molecule has 3 aromatic rings. The number of carbonyl (C=O) groups excluding carboxylic acids is 1. The molecule has 0 spiro atoms. The van der Waals surface area contributed by atoms with E-state index in [4.69, 9.17) is 9.15 Å². The molecule has 11 heteroatoms. The molecule has 1 N–H and O–H groups in total. The fourth-order valence-electron chi connectivity index (χ4n) is 3.94. The van der Waals surface area contributed by atoms with Gasteiger partial charge in [0.15, 0.2) is 5.69 Å². The maximum absolute atomic E-state index is 14.3. The number of nitrogens with zero attached hydrogens (tertiary/aromatic N) is 2. The fourth-order valence-corrected chi connectivity index (χ4v) is 3.94. The number of amides is 1. The molecule has 1 aromatic heterocycles. The SMILES string of the molecule is O=C(NC[C@H]1CCCO1)c1coc(CN(Cc2cccc(C(F)(F)F)c2)Cc2ccc(F)cc2F)n1. The number of alkyl halides is 3. The number of rotatable bonds is 9. The van der Waals surface area contributed by atoms with E-state index in [2.05, 4.69) is 10.3 Å². The van der Waals surface area contributed by atoms with Crippen LogP contribution in [-0.4, -0.2) is 35.0 Å². The zero-order valence-electron chi connectivity index (χ0n) is 19.2. The smallest absolute Gasteiger partial charge is 0.416 e. The van der Waals surface area contributed by atoms with Gasteiger partial charge in [0.2, 0.25) is 5.89 Å².